The molecule has 0 unspecified atom stereocenters. The first kappa shape index (κ1) is 12.8. The smallest absolute Gasteiger partial charge is 0.398 e. The number of hydrogen-bond acceptors (Lipinski definition) is 1. The summed E-state index contributed by atoms with van der Waals surface area (Å²) in [6, 6.07) is 10.1. The Balaban J connectivity index is 2.52. The van der Waals surface area contributed by atoms with Crippen molar-refractivity contribution < 1.29 is 13.2 Å². The van der Waals surface area contributed by atoms with E-state index in [0.717, 1.165) is 12.1 Å². The molecule has 0 spiro atoms. The fraction of sp³-hybridized carbons (Fsp3) is 0.0769. The molecule has 1 nitrogen and oxygen atoms in total. The number of hydrogen-bond donors (Lipinski definition) is 1. The highest BCUT2D eigenvalue weighted by Gasteiger charge is 2.30. The molecule has 0 saturated carbocycles. The van der Waals surface area contributed by atoms with E-state index in [9.17, 15) is 13.2 Å². The molecule has 5 heteroatoms. The maximum atomic E-state index is 12.5. The largest absolute Gasteiger partial charge is 0.416 e. The molecule has 2 rings (SSSR count). The summed E-state index contributed by atoms with van der Waals surface area (Å²) in [6.45, 7) is 0. The van der Waals surface area contributed by atoms with Gasteiger partial charge in [0.1, 0.15) is 0 Å². The monoisotopic (exact) mass is 271 g/mol. The number of nitrogen functional groups attached to an aromatic ring is 1. The fourth-order valence-electron chi connectivity index (χ4n) is 1.66. The average molecular weight is 272 g/mol. The van der Waals surface area contributed by atoms with E-state index in [2.05, 4.69) is 0 Å². The lowest BCUT2D eigenvalue weighted by atomic mass is 10.0. The number of alkyl halides is 3. The fourth-order valence-corrected chi connectivity index (χ4v) is 1.90. The lowest BCUT2D eigenvalue weighted by Crippen LogP contribution is -2.06. The highest BCUT2D eigenvalue weighted by atomic mass is 35.5. The summed E-state index contributed by atoms with van der Waals surface area (Å²) in [6.07, 6.45) is -4.40. The zero-order chi connectivity index (χ0) is 13.3. The Labute approximate surface area is 107 Å². The molecule has 2 N–H and O–H groups in total. The lowest BCUT2D eigenvalue weighted by Gasteiger charge is -2.11. The molecule has 2 aromatic rings. The highest BCUT2D eigenvalue weighted by molar-refractivity contribution is 6.33. The van der Waals surface area contributed by atoms with Gasteiger partial charge in [0.05, 0.1) is 5.56 Å². The van der Waals surface area contributed by atoms with E-state index >= 15 is 0 Å². The van der Waals surface area contributed by atoms with Crippen molar-refractivity contribution >= 4 is 17.3 Å². The van der Waals surface area contributed by atoms with Gasteiger partial charge in [0.2, 0.25) is 0 Å². The van der Waals surface area contributed by atoms with E-state index in [4.69, 9.17) is 17.3 Å². The van der Waals surface area contributed by atoms with Gasteiger partial charge in [0.15, 0.2) is 0 Å². The Morgan fingerprint density at radius 1 is 0.944 bits per heavy atom. The van der Waals surface area contributed by atoms with Gasteiger partial charge in [-0.15, -0.1) is 0 Å². The molecule has 0 aliphatic carbocycles. The Hall–Kier alpha value is -1.68. The Morgan fingerprint density at radius 3 is 2.17 bits per heavy atom. The maximum absolute atomic E-state index is 12.5. The Bertz CT molecular complexity index is 579. The summed E-state index contributed by atoms with van der Waals surface area (Å²) in [4.78, 5) is 0. The molecule has 0 amide bonds. The summed E-state index contributed by atoms with van der Waals surface area (Å²) in [5.41, 5.74) is 6.06. The van der Waals surface area contributed by atoms with Crippen LogP contribution in [0.1, 0.15) is 5.56 Å². The molecular formula is C13H9ClF3N. The first-order chi connectivity index (χ1) is 8.39. The van der Waals surface area contributed by atoms with Gasteiger partial charge in [-0.05, 0) is 18.2 Å². The van der Waals surface area contributed by atoms with Crippen molar-refractivity contribution in [2.45, 2.75) is 6.18 Å². The van der Waals surface area contributed by atoms with Crippen LogP contribution in [0.4, 0.5) is 18.9 Å². The number of halogens is 4. The van der Waals surface area contributed by atoms with Crippen molar-refractivity contribution in [1.29, 1.82) is 0 Å². The van der Waals surface area contributed by atoms with E-state index in [1.54, 1.807) is 24.3 Å². The number of nitrogens with two attached hydrogens (primary N) is 1. The summed E-state index contributed by atoms with van der Waals surface area (Å²) >= 11 is 5.98. The van der Waals surface area contributed by atoms with Gasteiger partial charge in [-0.3, -0.25) is 0 Å². The van der Waals surface area contributed by atoms with Crippen molar-refractivity contribution in [3.63, 3.8) is 0 Å². The van der Waals surface area contributed by atoms with E-state index in [1.165, 1.54) is 6.07 Å². The third-order valence-corrected chi connectivity index (χ3v) is 2.87. The van der Waals surface area contributed by atoms with Crippen LogP contribution in [0, 0.1) is 0 Å². The molecule has 2 aromatic carbocycles. The second-order valence-corrected chi connectivity index (χ2v) is 4.19. The molecule has 0 fully saturated rings. The molecular weight excluding hydrogens is 263 g/mol. The standard InChI is InChI=1S/C13H9ClF3N/c14-11-4-2-1-3-9(11)10-6-5-8(7-12(10)18)13(15,16)17/h1-7H,18H2. The molecule has 0 saturated heterocycles. The van der Waals surface area contributed by atoms with Gasteiger partial charge in [-0.25, -0.2) is 0 Å². The zero-order valence-corrected chi connectivity index (χ0v) is 9.89. The minimum atomic E-state index is -4.40. The molecule has 0 bridgehead atoms. The van der Waals surface area contributed by atoms with Crippen LogP contribution in [0.3, 0.4) is 0 Å². The lowest BCUT2D eigenvalue weighted by molar-refractivity contribution is -0.137. The van der Waals surface area contributed by atoms with Crippen LogP contribution in [0.15, 0.2) is 42.5 Å². The third kappa shape index (κ3) is 2.43. The minimum absolute atomic E-state index is 0.0536. The zero-order valence-electron chi connectivity index (χ0n) is 9.13. The second kappa shape index (κ2) is 4.53. The molecule has 0 heterocycles. The van der Waals surface area contributed by atoms with E-state index < -0.39 is 11.7 Å². The van der Waals surface area contributed by atoms with E-state index in [0.29, 0.717) is 16.1 Å². The minimum Gasteiger partial charge on any atom is -0.398 e. The van der Waals surface area contributed by atoms with Crippen molar-refractivity contribution in [3.05, 3.63) is 53.1 Å². The summed E-state index contributed by atoms with van der Waals surface area (Å²) < 4.78 is 37.5. The summed E-state index contributed by atoms with van der Waals surface area (Å²) in [5.74, 6) is 0. The van der Waals surface area contributed by atoms with Crippen LogP contribution in [0.5, 0.6) is 0 Å². The van der Waals surface area contributed by atoms with Crippen molar-refractivity contribution in [3.8, 4) is 11.1 Å². The predicted molar refractivity (Wildman–Crippen MR) is 66.3 cm³/mol. The first-order valence-electron chi connectivity index (χ1n) is 5.11. The van der Waals surface area contributed by atoms with Crippen LogP contribution in [-0.2, 0) is 6.18 Å². The number of anilines is 1. The maximum Gasteiger partial charge on any atom is 0.416 e. The normalized spacial score (nSPS) is 11.6. The van der Waals surface area contributed by atoms with Crippen LogP contribution >= 0.6 is 11.6 Å². The van der Waals surface area contributed by atoms with E-state index in [1.807, 2.05) is 0 Å². The van der Waals surface area contributed by atoms with Gasteiger partial charge in [0.25, 0.3) is 0 Å². The molecule has 0 aromatic heterocycles. The summed E-state index contributed by atoms with van der Waals surface area (Å²) in [7, 11) is 0. The van der Waals surface area contributed by atoms with Crippen molar-refractivity contribution in [2.75, 3.05) is 5.73 Å². The molecule has 0 radical (unpaired) electrons. The second-order valence-electron chi connectivity index (χ2n) is 3.78. The van der Waals surface area contributed by atoms with Crippen molar-refractivity contribution in [2.24, 2.45) is 0 Å². The van der Waals surface area contributed by atoms with Gasteiger partial charge in [-0.2, -0.15) is 13.2 Å². The third-order valence-electron chi connectivity index (χ3n) is 2.54. The molecule has 0 atom stereocenters. The van der Waals surface area contributed by atoms with Crippen molar-refractivity contribution in [1.82, 2.24) is 0 Å². The quantitative estimate of drug-likeness (QED) is 0.753. The SMILES string of the molecule is Nc1cc(C(F)(F)F)ccc1-c1ccccc1Cl. The Morgan fingerprint density at radius 2 is 1.61 bits per heavy atom. The Kier molecular flexibility index (Phi) is 3.22. The highest BCUT2D eigenvalue weighted by Crippen LogP contribution is 2.36. The van der Waals surface area contributed by atoms with Crippen LogP contribution in [0.2, 0.25) is 5.02 Å². The van der Waals surface area contributed by atoms with Crippen LogP contribution in [-0.4, -0.2) is 0 Å². The molecule has 18 heavy (non-hydrogen) atoms. The molecule has 0 aliphatic heterocycles. The van der Waals surface area contributed by atoms with Gasteiger partial charge < -0.3 is 5.73 Å². The predicted octanol–water partition coefficient (Wildman–Crippen LogP) is 4.61. The topological polar surface area (TPSA) is 26.0 Å². The van der Waals surface area contributed by atoms with Gasteiger partial charge in [-0.1, -0.05) is 35.9 Å². The van der Waals surface area contributed by atoms with Gasteiger partial charge >= 0.3 is 6.18 Å². The molecule has 94 valence electrons. The number of benzene rings is 2. The van der Waals surface area contributed by atoms with Crippen LogP contribution in [0.25, 0.3) is 11.1 Å². The number of rotatable bonds is 1. The average Bonchev–Trinajstić information content (AvgIpc) is 2.29. The van der Waals surface area contributed by atoms with Gasteiger partial charge in [0, 0.05) is 21.8 Å². The van der Waals surface area contributed by atoms with Crippen LogP contribution < -0.4 is 5.73 Å². The molecule has 0 aliphatic rings. The van der Waals surface area contributed by atoms with E-state index in [-0.39, 0.29) is 5.69 Å². The first-order valence-corrected chi connectivity index (χ1v) is 5.49. The summed E-state index contributed by atoms with van der Waals surface area (Å²) in [5, 5.41) is 0.448.